The predicted molar refractivity (Wildman–Crippen MR) is 143 cm³/mol. The lowest BCUT2D eigenvalue weighted by Crippen LogP contribution is -2.40. The standard InChI is InChI=1S/C26H28N6O7S/c1-36-19-5-8-22(37-2)21(17-19)25-29-28-23-9-10-24(30-32(23)25)39-14-11-27-26(33)18-3-6-20(7-4-18)40(34,35)31-12-15-38-16-13-31/h3-10,17H,11-16H2,1-2H3,(H,27,33). The summed E-state index contributed by atoms with van der Waals surface area (Å²) in [4.78, 5) is 12.7. The van der Waals surface area contributed by atoms with E-state index in [1.165, 1.54) is 33.1 Å². The molecule has 210 valence electrons. The van der Waals surface area contributed by atoms with E-state index in [4.69, 9.17) is 18.9 Å². The van der Waals surface area contributed by atoms with Gasteiger partial charge in [0.2, 0.25) is 15.9 Å². The smallest absolute Gasteiger partial charge is 0.251 e. The highest BCUT2D eigenvalue weighted by Crippen LogP contribution is 2.32. The zero-order chi connectivity index (χ0) is 28.1. The van der Waals surface area contributed by atoms with E-state index < -0.39 is 10.0 Å². The molecule has 2 aromatic heterocycles. The number of carbonyl (C=O) groups excluding carboxylic acids is 1. The number of benzene rings is 2. The Morgan fingerprint density at radius 2 is 1.77 bits per heavy atom. The number of carbonyl (C=O) groups is 1. The van der Waals surface area contributed by atoms with Crippen molar-refractivity contribution in [2.75, 3.05) is 53.7 Å². The zero-order valence-electron chi connectivity index (χ0n) is 21.9. The highest BCUT2D eigenvalue weighted by molar-refractivity contribution is 7.89. The molecule has 0 aliphatic carbocycles. The second-order valence-corrected chi connectivity index (χ2v) is 10.6. The summed E-state index contributed by atoms with van der Waals surface area (Å²) in [6, 6.07) is 14.6. The largest absolute Gasteiger partial charge is 0.497 e. The van der Waals surface area contributed by atoms with Gasteiger partial charge in [0.1, 0.15) is 18.1 Å². The van der Waals surface area contributed by atoms with Gasteiger partial charge < -0.3 is 24.3 Å². The molecule has 3 heterocycles. The van der Waals surface area contributed by atoms with E-state index in [0.29, 0.717) is 66.3 Å². The van der Waals surface area contributed by atoms with E-state index in [2.05, 4.69) is 20.6 Å². The summed E-state index contributed by atoms with van der Waals surface area (Å²) < 4.78 is 50.2. The van der Waals surface area contributed by atoms with Crippen LogP contribution in [0.4, 0.5) is 0 Å². The van der Waals surface area contributed by atoms with Gasteiger partial charge in [0.25, 0.3) is 5.91 Å². The quantitative estimate of drug-likeness (QED) is 0.280. The van der Waals surface area contributed by atoms with Crippen LogP contribution in [-0.2, 0) is 14.8 Å². The van der Waals surface area contributed by atoms with Crippen LogP contribution in [0, 0.1) is 0 Å². The van der Waals surface area contributed by atoms with Crippen LogP contribution in [0.5, 0.6) is 17.4 Å². The number of nitrogens with one attached hydrogen (secondary N) is 1. The number of aromatic nitrogens is 4. The fourth-order valence-electron chi connectivity index (χ4n) is 4.14. The van der Waals surface area contributed by atoms with Gasteiger partial charge in [-0.2, -0.15) is 8.82 Å². The molecule has 0 saturated carbocycles. The highest BCUT2D eigenvalue weighted by Gasteiger charge is 2.26. The molecular formula is C26H28N6O7S. The molecule has 1 amide bonds. The summed E-state index contributed by atoms with van der Waals surface area (Å²) >= 11 is 0. The molecule has 1 N–H and O–H groups in total. The van der Waals surface area contributed by atoms with E-state index >= 15 is 0 Å². The van der Waals surface area contributed by atoms with Crippen LogP contribution >= 0.6 is 0 Å². The van der Waals surface area contributed by atoms with Gasteiger partial charge in [0.15, 0.2) is 11.5 Å². The van der Waals surface area contributed by atoms with E-state index in [1.54, 1.807) is 44.6 Å². The van der Waals surface area contributed by atoms with Crippen molar-refractivity contribution in [2.24, 2.45) is 0 Å². The van der Waals surface area contributed by atoms with Crippen LogP contribution < -0.4 is 19.5 Å². The molecule has 0 spiro atoms. The fraction of sp³-hybridized carbons (Fsp3) is 0.308. The van der Waals surface area contributed by atoms with Crippen molar-refractivity contribution in [3.8, 4) is 28.8 Å². The first kappa shape index (κ1) is 27.3. The normalized spacial score (nSPS) is 14.2. The second kappa shape index (κ2) is 11.9. The minimum Gasteiger partial charge on any atom is -0.497 e. The summed E-state index contributed by atoms with van der Waals surface area (Å²) in [5, 5.41) is 15.6. The number of hydrogen-bond acceptors (Lipinski definition) is 10. The first-order valence-corrected chi connectivity index (χ1v) is 13.9. The van der Waals surface area contributed by atoms with Gasteiger partial charge in [-0.05, 0) is 48.5 Å². The number of rotatable bonds is 10. The molecule has 5 rings (SSSR count). The highest BCUT2D eigenvalue weighted by atomic mass is 32.2. The van der Waals surface area contributed by atoms with Gasteiger partial charge in [0.05, 0.1) is 44.4 Å². The van der Waals surface area contributed by atoms with Crippen molar-refractivity contribution in [3.63, 3.8) is 0 Å². The van der Waals surface area contributed by atoms with Crippen molar-refractivity contribution in [2.45, 2.75) is 4.90 Å². The van der Waals surface area contributed by atoms with Crippen LogP contribution in [-0.4, -0.2) is 92.1 Å². The summed E-state index contributed by atoms with van der Waals surface area (Å²) in [6.45, 7) is 1.68. The lowest BCUT2D eigenvalue weighted by Gasteiger charge is -2.26. The zero-order valence-corrected chi connectivity index (χ0v) is 22.8. The maximum Gasteiger partial charge on any atom is 0.251 e. The van der Waals surface area contributed by atoms with Crippen LogP contribution in [0.1, 0.15) is 10.4 Å². The molecule has 0 bridgehead atoms. The number of nitrogens with zero attached hydrogens (tertiary/aromatic N) is 5. The average molecular weight is 569 g/mol. The lowest BCUT2D eigenvalue weighted by molar-refractivity contribution is 0.0730. The molecule has 1 aliphatic heterocycles. The van der Waals surface area contributed by atoms with E-state index in [-0.39, 0.29) is 24.0 Å². The molecule has 0 atom stereocenters. The molecular weight excluding hydrogens is 540 g/mol. The van der Waals surface area contributed by atoms with Crippen LogP contribution in [0.15, 0.2) is 59.5 Å². The first-order chi connectivity index (χ1) is 19.4. The van der Waals surface area contributed by atoms with Gasteiger partial charge in [-0.3, -0.25) is 4.79 Å². The Hall–Kier alpha value is -4.27. The monoisotopic (exact) mass is 568 g/mol. The topological polar surface area (TPSA) is 146 Å². The van der Waals surface area contributed by atoms with Gasteiger partial charge in [-0.15, -0.1) is 15.3 Å². The summed E-state index contributed by atoms with van der Waals surface area (Å²) in [5.74, 6) is 1.61. The van der Waals surface area contributed by atoms with Gasteiger partial charge in [0, 0.05) is 24.7 Å². The third-order valence-electron chi connectivity index (χ3n) is 6.25. The maximum atomic E-state index is 12.8. The molecule has 2 aromatic carbocycles. The fourth-order valence-corrected chi connectivity index (χ4v) is 5.55. The number of hydrogen-bond donors (Lipinski definition) is 1. The number of ether oxygens (including phenoxy) is 4. The van der Waals surface area contributed by atoms with E-state index in [1.807, 2.05) is 0 Å². The van der Waals surface area contributed by atoms with Crippen LogP contribution in [0.3, 0.4) is 0 Å². The Morgan fingerprint density at radius 3 is 2.50 bits per heavy atom. The van der Waals surface area contributed by atoms with Crippen molar-refractivity contribution < 1.29 is 32.2 Å². The van der Waals surface area contributed by atoms with Crippen molar-refractivity contribution in [1.29, 1.82) is 0 Å². The second-order valence-electron chi connectivity index (χ2n) is 8.68. The average Bonchev–Trinajstić information content (AvgIpc) is 3.42. The Morgan fingerprint density at radius 1 is 1.00 bits per heavy atom. The number of amides is 1. The summed E-state index contributed by atoms with van der Waals surface area (Å²) in [7, 11) is -0.491. The van der Waals surface area contributed by atoms with Crippen LogP contribution in [0.25, 0.3) is 17.0 Å². The Bertz CT molecular complexity index is 1600. The van der Waals surface area contributed by atoms with Gasteiger partial charge in [-0.1, -0.05) is 0 Å². The SMILES string of the molecule is COc1ccc(OC)c(-c2nnc3ccc(OCCNC(=O)c4ccc(S(=O)(=O)N5CCOCC5)cc4)nn23)c1. The predicted octanol–water partition coefficient (Wildman–Crippen LogP) is 1.64. The molecule has 40 heavy (non-hydrogen) atoms. The number of sulfonamides is 1. The molecule has 14 heteroatoms. The lowest BCUT2D eigenvalue weighted by atomic mass is 10.2. The van der Waals surface area contributed by atoms with Crippen molar-refractivity contribution in [3.05, 3.63) is 60.2 Å². The van der Waals surface area contributed by atoms with Crippen molar-refractivity contribution >= 4 is 21.6 Å². The van der Waals surface area contributed by atoms with E-state index in [9.17, 15) is 13.2 Å². The molecule has 13 nitrogen and oxygen atoms in total. The minimum absolute atomic E-state index is 0.135. The van der Waals surface area contributed by atoms with Gasteiger partial charge >= 0.3 is 0 Å². The minimum atomic E-state index is -3.63. The van der Waals surface area contributed by atoms with Crippen molar-refractivity contribution in [1.82, 2.24) is 29.4 Å². The van der Waals surface area contributed by atoms with E-state index in [0.717, 1.165) is 0 Å². The Labute approximate surface area is 230 Å². The molecule has 1 saturated heterocycles. The van der Waals surface area contributed by atoms with Gasteiger partial charge in [-0.25, -0.2) is 8.42 Å². The molecule has 1 fully saturated rings. The number of fused-ring (bicyclic) bond motifs is 1. The first-order valence-electron chi connectivity index (χ1n) is 12.4. The number of methoxy groups -OCH3 is 2. The summed E-state index contributed by atoms with van der Waals surface area (Å²) in [6.07, 6.45) is 0. The Kier molecular flexibility index (Phi) is 8.09. The molecule has 0 unspecified atom stereocenters. The maximum absolute atomic E-state index is 12.8. The molecule has 4 aromatic rings. The third-order valence-corrected chi connectivity index (χ3v) is 8.16. The van der Waals surface area contributed by atoms with Crippen LogP contribution in [0.2, 0.25) is 0 Å². The Balaban J connectivity index is 1.20. The molecule has 0 radical (unpaired) electrons. The molecule has 1 aliphatic rings. The number of morpholine rings is 1. The summed E-state index contributed by atoms with van der Waals surface area (Å²) in [5.41, 5.74) is 1.50. The third kappa shape index (κ3) is 5.68.